The van der Waals surface area contributed by atoms with E-state index in [2.05, 4.69) is 12.2 Å². The molecule has 4 heteroatoms. The highest BCUT2D eigenvalue weighted by Crippen LogP contribution is 2.29. The van der Waals surface area contributed by atoms with Gasteiger partial charge in [0.25, 0.3) is 0 Å². The Morgan fingerprint density at radius 3 is 2.30 bits per heavy atom. The van der Waals surface area contributed by atoms with Crippen LogP contribution in [0.3, 0.4) is 0 Å². The summed E-state index contributed by atoms with van der Waals surface area (Å²) in [5, 5.41) is 12.2. The van der Waals surface area contributed by atoms with E-state index in [-0.39, 0.29) is 5.91 Å². The zero-order valence-corrected chi connectivity index (χ0v) is 12.2. The SMILES string of the molecule is CC1CCC(CNC(=O)[C@@H]2CC=CC[C@@H]2C(=O)O)CC1. The number of amides is 1. The first-order chi connectivity index (χ1) is 9.58. The maximum Gasteiger partial charge on any atom is 0.307 e. The third kappa shape index (κ3) is 3.84. The number of carboxylic acids is 1. The van der Waals surface area contributed by atoms with Crippen LogP contribution >= 0.6 is 0 Å². The number of rotatable bonds is 4. The van der Waals surface area contributed by atoms with Gasteiger partial charge >= 0.3 is 5.97 Å². The molecule has 0 spiro atoms. The van der Waals surface area contributed by atoms with Gasteiger partial charge in [-0.3, -0.25) is 9.59 Å². The Morgan fingerprint density at radius 2 is 1.70 bits per heavy atom. The molecule has 2 atom stereocenters. The third-order valence-electron chi connectivity index (χ3n) is 4.79. The van der Waals surface area contributed by atoms with Crippen molar-refractivity contribution in [2.45, 2.75) is 45.4 Å². The molecule has 20 heavy (non-hydrogen) atoms. The number of hydrogen-bond acceptors (Lipinski definition) is 2. The second-order valence-electron chi connectivity index (χ2n) is 6.37. The summed E-state index contributed by atoms with van der Waals surface area (Å²) < 4.78 is 0. The molecule has 0 aromatic rings. The van der Waals surface area contributed by atoms with Gasteiger partial charge in [-0.1, -0.05) is 31.9 Å². The quantitative estimate of drug-likeness (QED) is 0.777. The Kier molecular flexibility index (Phi) is 5.21. The molecule has 0 bridgehead atoms. The van der Waals surface area contributed by atoms with E-state index in [1.807, 2.05) is 12.2 Å². The van der Waals surface area contributed by atoms with Gasteiger partial charge in [-0.25, -0.2) is 0 Å². The van der Waals surface area contributed by atoms with Gasteiger partial charge in [0.15, 0.2) is 0 Å². The second kappa shape index (κ2) is 6.91. The number of hydrogen-bond donors (Lipinski definition) is 2. The van der Waals surface area contributed by atoms with Crippen molar-refractivity contribution >= 4 is 11.9 Å². The number of nitrogens with one attached hydrogen (secondary N) is 1. The van der Waals surface area contributed by atoms with E-state index in [0.29, 0.717) is 25.3 Å². The van der Waals surface area contributed by atoms with Crippen molar-refractivity contribution in [1.29, 1.82) is 0 Å². The van der Waals surface area contributed by atoms with Gasteiger partial charge in [-0.05, 0) is 37.5 Å². The van der Waals surface area contributed by atoms with Crippen LogP contribution in [0.25, 0.3) is 0 Å². The number of aliphatic carboxylic acids is 1. The first-order valence-corrected chi connectivity index (χ1v) is 7.73. The predicted octanol–water partition coefficient (Wildman–Crippen LogP) is 2.60. The minimum atomic E-state index is -0.860. The van der Waals surface area contributed by atoms with E-state index in [0.717, 1.165) is 5.92 Å². The molecule has 0 radical (unpaired) electrons. The summed E-state index contributed by atoms with van der Waals surface area (Å²) in [7, 11) is 0. The molecule has 0 aromatic heterocycles. The lowest BCUT2D eigenvalue weighted by Crippen LogP contribution is -2.41. The summed E-state index contributed by atoms with van der Waals surface area (Å²) in [6, 6.07) is 0. The van der Waals surface area contributed by atoms with Crippen LogP contribution in [0, 0.1) is 23.7 Å². The van der Waals surface area contributed by atoms with E-state index in [1.54, 1.807) is 0 Å². The Bertz CT molecular complexity index is 383. The summed E-state index contributed by atoms with van der Waals surface area (Å²) in [4.78, 5) is 23.4. The average Bonchev–Trinajstić information content (AvgIpc) is 2.46. The van der Waals surface area contributed by atoms with Gasteiger partial charge in [0.2, 0.25) is 5.91 Å². The molecule has 0 aromatic carbocycles. The van der Waals surface area contributed by atoms with Crippen LogP contribution in [-0.2, 0) is 9.59 Å². The van der Waals surface area contributed by atoms with Gasteiger partial charge in [0, 0.05) is 6.54 Å². The highest BCUT2D eigenvalue weighted by atomic mass is 16.4. The first-order valence-electron chi connectivity index (χ1n) is 7.73. The molecule has 112 valence electrons. The number of carboxylic acid groups (broad SMARTS) is 1. The fourth-order valence-electron chi connectivity index (χ4n) is 3.29. The Labute approximate surface area is 120 Å². The zero-order valence-electron chi connectivity index (χ0n) is 12.2. The van der Waals surface area contributed by atoms with Gasteiger partial charge in [0.1, 0.15) is 0 Å². The molecule has 4 nitrogen and oxygen atoms in total. The molecule has 1 amide bonds. The largest absolute Gasteiger partial charge is 0.481 e. The third-order valence-corrected chi connectivity index (χ3v) is 4.79. The lowest BCUT2D eigenvalue weighted by molar-refractivity contribution is -0.147. The maximum atomic E-state index is 12.2. The standard InChI is InChI=1S/C16H25NO3/c1-11-6-8-12(9-7-11)10-17-15(18)13-4-2-3-5-14(13)16(19)20/h2-3,11-14H,4-10H2,1H3,(H,17,18)(H,19,20)/t11?,12?,13-,14+/m1/s1. The van der Waals surface area contributed by atoms with Crippen LogP contribution in [0.1, 0.15) is 45.4 Å². The van der Waals surface area contributed by atoms with Crippen molar-refractivity contribution in [3.63, 3.8) is 0 Å². The summed E-state index contributed by atoms with van der Waals surface area (Å²) in [6.45, 7) is 2.98. The monoisotopic (exact) mass is 279 g/mol. The van der Waals surface area contributed by atoms with Crippen LogP contribution in [0.4, 0.5) is 0 Å². The van der Waals surface area contributed by atoms with E-state index in [4.69, 9.17) is 0 Å². The van der Waals surface area contributed by atoms with Crippen LogP contribution in [0.2, 0.25) is 0 Å². The topological polar surface area (TPSA) is 66.4 Å². The summed E-state index contributed by atoms with van der Waals surface area (Å²) in [5.74, 6) is -0.535. The highest BCUT2D eigenvalue weighted by molar-refractivity contribution is 5.85. The summed E-state index contributed by atoms with van der Waals surface area (Å²) in [5.41, 5.74) is 0. The number of carbonyl (C=O) groups excluding carboxylic acids is 1. The zero-order chi connectivity index (χ0) is 14.5. The normalized spacial score (nSPS) is 33.6. The van der Waals surface area contributed by atoms with E-state index in [1.165, 1.54) is 25.7 Å². The van der Waals surface area contributed by atoms with Crippen molar-refractivity contribution in [3.8, 4) is 0 Å². The lowest BCUT2D eigenvalue weighted by Gasteiger charge is -2.28. The van der Waals surface area contributed by atoms with Crippen LogP contribution in [0.15, 0.2) is 12.2 Å². The molecule has 0 saturated heterocycles. The molecule has 0 aliphatic heterocycles. The van der Waals surface area contributed by atoms with E-state index in [9.17, 15) is 14.7 Å². The Hall–Kier alpha value is -1.32. The van der Waals surface area contributed by atoms with Crippen molar-refractivity contribution in [1.82, 2.24) is 5.32 Å². The number of allylic oxidation sites excluding steroid dienone is 2. The molecular weight excluding hydrogens is 254 g/mol. The fourth-order valence-corrected chi connectivity index (χ4v) is 3.29. The first kappa shape index (κ1) is 15.1. The molecule has 0 unspecified atom stereocenters. The van der Waals surface area contributed by atoms with Crippen molar-refractivity contribution in [2.75, 3.05) is 6.54 Å². The minimum Gasteiger partial charge on any atom is -0.481 e. The van der Waals surface area contributed by atoms with E-state index < -0.39 is 17.8 Å². The molecule has 1 saturated carbocycles. The van der Waals surface area contributed by atoms with Crippen LogP contribution < -0.4 is 5.32 Å². The van der Waals surface area contributed by atoms with Crippen molar-refractivity contribution in [3.05, 3.63) is 12.2 Å². The lowest BCUT2D eigenvalue weighted by atomic mass is 9.81. The highest BCUT2D eigenvalue weighted by Gasteiger charge is 2.34. The Balaban J connectivity index is 1.81. The second-order valence-corrected chi connectivity index (χ2v) is 6.37. The van der Waals surface area contributed by atoms with Crippen molar-refractivity contribution < 1.29 is 14.7 Å². The van der Waals surface area contributed by atoms with Gasteiger partial charge in [-0.15, -0.1) is 0 Å². The molecule has 2 aliphatic rings. The van der Waals surface area contributed by atoms with Crippen molar-refractivity contribution in [2.24, 2.45) is 23.7 Å². The molecule has 0 heterocycles. The molecule has 1 fully saturated rings. The fraction of sp³-hybridized carbons (Fsp3) is 0.750. The van der Waals surface area contributed by atoms with Crippen LogP contribution in [0.5, 0.6) is 0 Å². The summed E-state index contributed by atoms with van der Waals surface area (Å²) >= 11 is 0. The predicted molar refractivity (Wildman–Crippen MR) is 77.1 cm³/mol. The molecule has 2 rings (SSSR count). The number of carbonyl (C=O) groups is 2. The minimum absolute atomic E-state index is 0.0830. The molecule has 2 N–H and O–H groups in total. The van der Waals surface area contributed by atoms with E-state index >= 15 is 0 Å². The summed E-state index contributed by atoms with van der Waals surface area (Å²) in [6.07, 6.45) is 9.63. The molecule has 2 aliphatic carbocycles. The van der Waals surface area contributed by atoms with Crippen LogP contribution in [-0.4, -0.2) is 23.5 Å². The smallest absolute Gasteiger partial charge is 0.307 e. The van der Waals surface area contributed by atoms with Gasteiger partial charge < -0.3 is 10.4 Å². The average molecular weight is 279 g/mol. The molecular formula is C16H25NO3. The van der Waals surface area contributed by atoms with Gasteiger partial charge in [0.05, 0.1) is 11.8 Å². The maximum absolute atomic E-state index is 12.2. The Morgan fingerprint density at radius 1 is 1.10 bits per heavy atom. The van der Waals surface area contributed by atoms with Gasteiger partial charge in [-0.2, -0.15) is 0 Å².